The van der Waals surface area contributed by atoms with Gasteiger partial charge >= 0.3 is 12.0 Å². The molecule has 164 valence electrons. The highest BCUT2D eigenvalue weighted by atomic mass is 32.2. The quantitative estimate of drug-likeness (QED) is 0.541. The van der Waals surface area contributed by atoms with Crippen molar-refractivity contribution in [2.75, 3.05) is 19.4 Å². The number of fused-ring (bicyclic) bond motifs is 1. The molecule has 7 nitrogen and oxygen atoms in total. The fourth-order valence-electron chi connectivity index (χ4n) is 4.62. The average molecular weight is 450 g/mol. The van der Waals surface area contributed by atoms with Gasteiger partial charge in [-0.25, -0.2) is 9.59 Å². The molecule has 0 fully saturated rings. The number of carbonyl (C=O) groups is 3. The summed E-state index contributed by atoms with van der Waals surface area (Å²) in [5.74, 6) is -0.732. The number of urea groups is 1. The van der Waals surface area contributed by atoms with Gasteiger partial charge in [0.2, 0.25) is 5.91 Å². The standard InChI is InChI=1S/C24H23N3O4S/c1-32-16-9-6-15(7-10-16)22-21-19(13-31-23(21)29)27(24(30)26-22)12-20(28)25-18-11-8-14-4-2-3-5-17(14)18/h2-7,9-10,18,22H,8,11-13H2,1H3,(H,25,28)(H,26,30). The van der Waals surface area contributed by atoms with Gasteiger partial charge in [0.25, 0.3) is 0 Å². The maximum absolute atomic E-state index is 13.0. The molecule has 5 rings (SSSR count). The summed E-state index contributed by atoms with van der Waals surface area (Å²) in [4.78, 5) is 40.7. The Kier molecular flexibility index (Phi) is 5.38. The zero-order valence-corrected chi connectivity index (χ0v) is 18.4. The van der Waals surface area contributed by atoms with Crippen LogP contribution in [0.3, 0.4) is 0 Å². The molecule has 2 atom stereocenters. The van der Waals surface area contributed by atoms with Crippen LogP contribution in [0.1, 0.15) is 35.2 Å². The zero-order chi connectivity index (χ0) is 22.2. The predicted molar refractivity (Wildman–Crippen MR) is 120 cm³/mol. The summed E-state index contributed by atoms with van der Waals surface area (Å²) in [6.45, 7) is -0.182. The minimum atomic E-state index is -0.593. The number of hydrogen-bond acceptors (Lipinski definition) is 5. The largest absolute Gasteiger partial charge is 0.456 e. The minimum absolute atomic E-state index is 0.0134. The lowest BCUT2D eigenvalue weighted by molar-refractivity contribution is -0.136. The average Bonchev–Trinajstić information content (AvgIpc) is 3.39. The second-order valence-electron chi connectivity index (χ2n) is 8.04. The summed E-state index contributed by atoms with van der Waals surface area (Å²) < 4.78 is 5.25. The molecule has 1 aliphatic carbocycles. The molecule has 2 aliphatic heterocycles. The number of hydrogen-bond donors (Lipinski definition) is 2. The van der Waals surface area contributed by atoms with Crippen LogP contribution < -0.4 is 10.6 Å². The van der Waals surface area contributed by atoms with E-state index in [2.05, 4.69) is 16.7 Å². The number of thioether (sulfide) groups is 1. The number of aryl methyl sites for hydroxylation is 1. The van der Waals surface area contributed by atoms with Crippen molar-refractivity contribution in [3.8, 4) is 0 Å². The highest BCUT2D eigenvalue weighted by molar-refractivity contribution is 7.98. The molecule has 2 heterocycles. The topological polar surface area (TPSA) is 87.7 Å². The number of carbonyl (C=O) groups excluding carboxylic acids is 3. The lowest BCUT2D eigenvalue weighted by Gasteiger charge is -2.32. The molecule has 0 saturated carbocycles. The fraction of sp³-hybridized carbons (Fsp3) is 0.292. The predicted octanol–water partition coefficient (Wildman–Crippen LogP) is 3.09. The highest BCUT2D eigenvalue weighted by Crippen LogP contribution is 2.36. The van der Waals surface area contributed by atoms with Crippen molar-refractivity contribution in [3.63, 3.8) is 0 Å². The monoisotopic (exact) mass is 449 g/mol. The first-order valence-electron chi connectivity index (χ1n) is 10.5. The highest BCUT2D eigenvalue weighted by Gasteiger charge is 2.42. The van der Waals surface area contributed by atoms with E-state index in [1.54, 1.807) is 11.8 Å². The molecule has 0 radical (unpaired) electrons. The summed E-state index contributed by atoms with van der Waals surface area (Å²) >= 11 is 1.62. The molecule has 2 aromatic carbocycles. The van der Waals surface area contributed by atoms with Gasteiger partial charge in [-0.3, -0.25) is 9.69 Å². The van der Waals surface area contributed by atoms with Crippen LogP contribution in [0.25, 0.3) is 0 Å². The van der Waals surface area contributed by atoms with E-state index >= 15 is 0 Å². The Balaban J connectivity index is 1.36. The molecule has 0 bridgehead atoms. The number of benzene rings is 2. The third kappa shape index (κ3) is 3.64. The Labute approximate surface area is 190 Å². The molecule has 0 saturated heterocycles. The number of nitrogens with zero attached hydrogens (tertiary/aromatic N) is 1. The van der Waals surface area contributed by atoms with Gasteiger partial charge in [-0.15, -0.1) is 11.8 Å². The summed E-state index contributed by atoms with van der Waals surface area (Å²) in [6.07, 6.45) is 3.74. The third-order valence-corrected chi connectivity index (χ3v) is 6.96. The summed E-state index contributed by atoms with van der Waals surface area (Å²) in [6, 6.07) is 14.7. The van der Waals surface area contributed by atoms with Crippen LogP contribution in [-0.2, 0) is 20.7 Å². The SMILES string of the molecule is CSc1ccc(C2NC(=O)N(CC(=O)NC3CCc4ccccc43)C3=C2C(=O)OC3)cc1. The first-order chi connectivity index (χ1) is 15.5. The first kappa shape index (κ1) is 20.6. The van der Waals surface area contributed by atoms with Crippen molar-refractivity contribution in [2.24, 2.45) is 0 Å². The molecule has 0 aromatic heterocycles. The van der Waals surface area contributed by atoms with Crippen LogP contribution in [0.2, 0.25) is 0 Å². The van der Waals surface area contributed by atoms with Gasteiger partial charge in [0.15, 0.2) is 0 Å². The fourth-order valence-corrected chi connectivity index (χ4v) is 5.02. The molecular weight excluding hydrogens is 426 g/mol. The Morgan fingerprint density at radius 1 is 1.19 bits per heavy atom. The lowest BCUT2D eigenvalue weighted by atomic mass is 9.96. The summed E-state index contributed by atoms with van der Waals surface area (Å²) in [7, 11) is 0. The number of nitrogens with one attached hydrogen (secondary N) is 2. The maximum atomic E-state index is 13.0. The molecule has 2 aromatic rings. The van der Waals surface area contributed by atoms with Crippen molar-refractivity contribution in [2.45, 2.75) is 29.8 Å². The van der Waals surface area contributed by atoms with Gasteiger partial charge < -0.3 is 15.4 Å². The molecule has 2 N–H and O–H groups in total. The van der Waals surface area contributed by atoms with Crippen LogP contribution in [0, 0.1) is 0 Å². The molecule has 2 unspecified atom stereocenters. The Morgan fingerprint density at radius 2 is 1.97 bits per heavy atom. The van der Waals surface area contributed by atoms with Crippen LogP contribution >= 0.6 is 11.8 Å². The van der Waals surface area contributed by atoms with Crippen LogP contribution in [0.5, 0.6) is 0 Å². The number of cyclic esters (lactones) is 1. The molecule has 0 spiro atoms. The lowest BCUT2D eigenvalue weighted by Crippen LogP contribution is -2.50. The van der Waals surface area contributed by atoms with Crippen molar-refractivity contribution >= 4 is 29.7 Å². The molecule has 8 heteroatoms. The van der Waals surface area contributed by atoms with E-state index in [4.69, 9.17) is 4.74 Å². The zero-order valence-electron chi connectivity index (χ0n) is 17.6. The van der Waals surface area contributed by atoms with Crippen molar-refractivity contribution < 1.29 is 19.1 Å². The first-order valence-corrected chi connectivity index (χ1v) is 11.8. The van der Waals surface area contributed by atoms with E-state index in [0.717, 1.165) is 28.9 Å². The summed E-state index contributed by atoms with van der Waals surface area (Å²) in [5.41, 5.74) is 4.01. The smallest absolute Gasteiger partial charge is 0.338 e. The van der Waals surface area contributed by atoms with Gasteiger partial charge in [0.05, 0.1) is 23.4 Å². The van der Waals surface area contributed by atoms with Gasteiger partial charge in [0, 0.05) is 4.90 Å². The van der Waals surface area contributed by atoms with Crippen molar-refractivity contribution in [3.05, 3.63) is 76.5 Å². The van der Waals surface area contributed by atoms with E-state index in [9.17, 15) is 14.4 Å². The summed E-state index contributed by atoms with van der Waals surface area (Å²) in [5, 5.41) is 5.92. The van der Waals surface area contributed by atoms with Gasteiger partial charge in [-0.05, 0) is 47.9 Å². The van der Waals surface area contributed by atoms with Crippen LogP contribution in [-0.4, -0.2) is 42.2 Å². The number of amides is 3. The van der Waals surface area contributed by atoms with E-state index in [1.807, 2.05) is 48.7 Å². The van der Waals surface area contributed by atoms with Crippen molar-refractivity contribution in [1.82, 2.24) is 15.5 Å². The second-order valence-corrected chi connectivity index (χ2v) is 8.92. The maximum Gasteiger partial charge on any atom is 0.338 e. The number of rotatable bonds is 5. The molecule has 3 amide bonds. The molecule has 3 aliphatic rings. The molecule has 32 heavy (non-hydrogen) atoms. The van der Waals surface area contributed by atoms with Gasteiger partial charge in [0.1, 0.15) is 13.2 Å². The Hall–Kier alpha value is -3.26. The minimum Gasteiger partial charge on any atom is -0.456 e. The van der Waals surface area contributed by atoms with E-state index in [0.29, 0.717) is 11.3 Å². The Morgan fingerprint density at radius 3 is 2.75 bits per heavy atom. The molecular formula is C24H23N3O4S. The van der Waals surface area contributed by atoms with Crippen LogP contribution in [0.4, 0.5) is 4.79 Å². The third-order valence-electron chi connectivity index (χ3n) is 6.22. The number of ether oxygens (including phenoxy) is 1. The Bertz CT molecular complexity index is 1130. The van der Waals surface area contributed by atoms with Gasteiger partial charge in [-0.1, -0.05) is 36.4 Å². The van der Waals surface area contributed by atoms with Crippen LogP contribution in [0.15, 0.2) is 64.7 Å². The van der Waals surface area contributed by atoms with Gasteiger partial charge in [-0.2, -0.15) is 0 Å². The van der Waals surface area contributed by atoms with Crippen molar-refractivity contribution in [1.29, 1.82) is 0 Å². The van der Waals surface area contributed by atoms with E-state index in [-0.39, 0.29) is 25.1 Å². The van der Waals surface area contributed by atoms with E-state index < -0.39 is 18.0 Å². The normalized spacial score (nSPS) is 21.7. The number of esters is 1. The second kappa shape index (κ2) is 8.35. The van der Waals surface area contributed by atoms with E-state index in [1.165, 1.54) is 10.5 Å².